The molecule has 0 saturated carbocycles. The molecular weight excluding hydrogens is 356 g/mol. The molecule has 0 aliphatic rings. The molecule has 2 heterocycles. The van der Waals surface area contributed by atoms with Crippen LogP contribution in [0.5, 0.6) is 0 Å². The molecule has 0 fully saturated rings. The molecule has 0 radical (unpaired) electrons. The fraction of sp³-hybridized carbons (Fsp3) is 0.125. The number of thiophene rings is 1. The Labute approximate surface area is 142 Å². The maximum Gasteiger partial charge on any atom is 0.243 e. The van der Waals surface area contributed by atoms with Gasteiger partial charge >= 0.3 is 0 Å². The van der Waals surface area contributed by atoms with Gasteiger partial charge in [-0.25, -0.2) is 17.2 Å². The lowest BCUT2D eigenvalue weighted by atomic mass is 10.3. The first kappa shape index (κ1) is 16.8. The van der Waals surface area contributed by atoms with Crippen molar-refractivity contribution < 1.29 is 21.6 Å². The Hall–Kier alpha value is -2.03. The number of hydrogen-bond acceptors (Lipinski definition) is 4. The molecule has 0 bridgehead atoms. The van der Waals surface area contributed by atoms with E-state index < -0.39 is 21.7 Å². The molecule has 0 amide bonds. The highest BCUT2D eigenvalue weighted by atomic mass is 32.2. The van der Waals surface area contributed by atoms with E-state index in [1.54, 1.807) is 6.07 Å². The summed E-state index contributed by atoms with van der Waals surface area (Å²) in [6.07, 6.45) is 2.89. The summed E-state index contributed by atoms with van der Waals surface area (Å²) in [5, 5.41) is 1.84. The average Bonchev–Trinajstić information content (AvgIpc) is 3.23. The van der Waals surface area contributed by atoms with Crippen LogP contribution in [0.1, 0.15) is 10.4 Å². The number of furan rings is 1. The van der Waals surface area contributed by atoms with E-state index in [-0.39, 0.29) is 18.0 Å². The zero-order valence-corrected chi connectivity index (χ0v) is 14.0. The Balaban J connectivity index is 1.97. The van der Waals surface area contributed by atoms with Gasteiger partial charge in [0.15, 0.2) is 11.6 Å². The monoisotopic (exact) mass is 369 g/mol. The van der Waals surface area contributed by atoms with Crippen LogP contribution in [0.3, 0.4) is 0 Å². The third-order valence-corrected chi connectivity index (χ3v) is 6.03. The van der Waals surface area contributed by atoms with E-state index in [4.69, 9.17) is 4.42 Å². The predicted octanol–water partition coefficient (Wildman–Crippen LogP) is 4.01. The molecule has 0 spiro atoms. The molecule has 0 unspecified atom stereocenters. The van der Waals surface area contributed by atoms with Gasteiger partial charge in [-0.15, -0.1) is 11.3 Å². The predicted molar refractivity (Wildman–Crippen MR) is 85.8 cm³/mol. The van der Waals surface area contributed by atoms with Crippen molar-refractivity contribution in [3.8, 4) is 0 Å². The first-order valence-electron chi connectivity index (χ1n) is 6.95. The van der Waals surface area contributed by atoms with Crippen LogP contribution in [0.15, 0.2) is 63.6 Å². The molecule has 0 atom stereocenters. The van der Waals surface area contributed by atoms with Crippen molar-refractivity contribution in [2.24, 2.45) is 0 Å². The van der Waals surface area contributed by atoms with Gasteiger partial charge in [-0.2, -0.15) is 4.31 Å². The Morgan fingerprint density at radius 3 is 2.54 bits per heavy atom. The van der Waals surface area contributed by atoms with Crippen molar-refractivity contribution in [3.63, 3.8) is 0 Å². The second kappa shape index (κ2) is 6.84. The van der Waals surface area contributed by atoms with Crippen molar-refractivity contribution in [2.45, 2.75) is 18.0 Å². The summed E-state index contributed by atoms with van der Waals surface area (Å²) in [6.45, 7) is 0.194. The van der Waals surface area contributed by atoms with E-state index >= 15 is 0 Å². The smallest absolute Gasteiger partial charge is 0.243 e. The van der Waals surface area contributed by atoms with Crippen LogP contribution in [0.4, 0.5) is 8.78 Å². The van der Waals surface area contributed by atoms with E-state index in [0.29, 0.717) is 11.6 Å². The molecule has 4 nitrogen and oxygen atoms in total. The van der Waals surface area contributed by atoms with Gasteiger partial charge in [-0.05, 0) is 35.7 Å². The number of benzene rings is 1. The minimum absolute atomic E-state index is 0.0652. The topological polar surface area (TPSA) is 50.5 Å². The molecule has 1 aromatic carbocycles. The van der Waals surface area contributed by atoms with E-state index in [1.165, 1.54) is 28.2 Å². The minimum atomic E-state index is -4.00. The molecule has 2 aromatic heterocycles. The fourth-order valence-corrected chi connectivity index (χ4v) is 4.39. The molecule has 0 saturated heterocycles. The summed E-state index contributed by atoms with van der Waals surface area (Å²) < 4.78 is 58.5. The van der Waals surface area contributed by atoms with E-state index in [2.05, 4.69) is 0 Å². The molecule has 8 heteroatoms. The quantitative estimate of drug-likeness (QED) is 0.660. The minimum Gasteiger partial charge on any atom is -0.472 e. The summed E-state index contributed by atoms with van der Waals surface area (Å²) in [6, 6.07) is 7.85. The van der Waals surface area contributed by atoms with Crippen molar-refractivity contribution in [3.05, 3.63) is 76.4 Å². The number of rotatable bonds is 6. The van der Waals surface area contributed by atoms with Crippen LogP contribution in [-0.4, -0.2) is 12.7 Å². The van der Waals surface area contributed by atoms with Gasteiger partial charge in [0.2, 0.25) is 10.0 Å². The van der Waals surface area contributed by atoms with Crippen molar-refractivity contribution >= 4 is 21.4 Å². The first-order chi connectivity index (χ1) is 11.5. The van der Waals surface area contributed by atoms with Crippen LogP contribution in [0.2, 0.25) is 0 Å². The van der Waals surface area contributed by atoms with Gasteiger partial charge in [0.05, 0.1) is 17.4 Å². The maximum absolute atomic E-state index is 13.5. The van der Waals surface area contributed by atoms with Gasteiger partial charge in [-0.1, -0.05) is 6.07 Å². The highest BCUT2D eigenvalue weighted by molar-refractivity contribution is 7.89. The zero-order chi connectivity index (χ0) is 17.2. The lowest BCUT2D eigenvalue weighted by Crippen LogP contribution is -2.30. The molecule has 0 aliphatic heterocycles. The van der Waals surface area contributed by atoms with Gasteiger partial charge in [0, 0.05) is 23.5 Å². The van der Waals surface area contributed by atoms with Crippen molar-refractivity contribution in [1.29, 1.82) is 0 Å². The Morgan fingerprint density at radius 2 is 1.92 bits per heavy atom. The third-order valence-electron chi connectivity index (χ3n) is 3.38. The number of hydrogen-bond donors (Lipinski definition) is 0. The second-order valence-corrected chi connectivity index (χ2v) is 8.03. The van der Waals surface area contributed by atoms with E-state index in [9.17, 15) is 17.2 Å². The normalized spacial score (nSPS) is 12.0. The average molecular weight is 369 g/mol. The maximum atomic E-state index is 13.5. The van der Waals surface area contributed by atoms with Gasteiger partial charge in [-0.3, -0.25) is 0 Å². The van der Waals surface area contributed by atoms with Crippen LogP contribution >= 0.6 is 11.3 Å². The number of halogens is 2. The molecule has 3 aromatic rings. The molecule has 0 N–H and O–H groups in total. The van der Waals surface area contributed by atoms with E-state index in [1.807, 2.05) is 17.5 Å². The molecule has 126 valence electrons. The second-order valence-electron chi connectivity index (χ2n) is 5.06. The number of sulfonamides is 1. The largest absolute Gasteiger partial charge is 0.472 e. The Morgan fingerprint density at radius 1 is 1.08 bits per heavy atom. The lowest BCUT2D eigenvalue weighted by Gasteiger charge is -2.21. The van der Waals surface area contributed by atoms with Gasteiger partial charge in [0.25, 0.3) is 0 Å². The SMILES string of the molecule is O=S(=O)(c1ccc(F)c(F)c1)N(Cc1ccoc1)Cc1cccs1. The molecule has 3 rings (SSSR count). The van der Waals surface area contributed by atoms with Crippen LogP contribution in [0.25, 0.3) is 0 Å². The Kier molecular flexibility index (Phi) is 4.79. The van der Waals surface area contributed by atoms with Gasteiger partial charge < -0.3 is 4.42 Å². The highest BCUT2D eigenvalue weighted by Gasteiger charge is 2.26. The molecule has 0 aliphatic carbocycles. The fourth-order valence-electron chi connectivity index (χ4n) is 2.17. The van der Waals surface area contributed by atoms with Crippen molar-refractivity contribution in [1.82, 2.24) is 4.31 Å². The highest BCUT2D eigenvalue weighted by Crippen LogP contribution is 2.24. The van der Waals surface area contributed by atoms with E-state index in [0.717, 1.165) is 17.0 Å². The third kappa shape index (κ3) is 3.55. The Bertz CT molecular complexity index is 871. The summed E-state index contributed by atoms with van der Waals surface area (Å²) in [5.74, 6) is -2.29. The lowest BCUT2D eigenvalue weighted by molar-refractivity contribution is 0.401. The standard InChI is InChI=1S/C16H13F2NO3S2/c17-15-4-3-14(8-16(15)18)24(20,21)19(9-12-5-6-22-11-12)10-13-2-1-7-23-13/h1-8,11H,9-10H2. The molecule has 24 heavy (non-hydrogen) atoms. The summed E-state index contributed by atoms with van der Waals surface area (Å²) in [4.78, 5) is 0.547. The van der Waals surface area contributed by atoms with Crippen LogP contribution < -0.4 is 0 Å². The summed E-state index contributed by atoms with van der Waals surface area (Å²) >= 11 is 1.42. The van der Waals surface area contributed by atoms with Crippen LogP contribution in [0, 0.1) is 11.6 Å². The summed E-state index contributed by atoms with van der Waals surface area (Å²) in [5.41, 5.74) is 0.665. The van der Waals surface area contributed by atoms with Crippen molar-refractivity contribution in [2.75, 3.05) is 0 Å². The first-order valence-corrected chi connectivity index (χ1v) is 9.27. The molecular formula is C16H13F2NO3S2. The summed E-state index contributed by atoms with van der Waals surface area (Å²) in [7, 11) is -4.00. The zero-order valence-electron chi connectivity index (χ0n) is 12.4. The number of nitrogens with zero attached hydrogens (tertiary/aromatic N) is 1. The van der Waals surface area contributed by atoms with Crippen LogP contribution in [-0.2, 0) is 23.1 Å². The van der Waals surface area contributed by atoms with Gasteiger partial charge in [0.1, 0.15) is 0 Å².